The van der Waals surface area contributed by atoms with Gasteiger partial charge in [0.1, 0.15) is 15.7 Å². The average molecular weight is 420 g/mol. The number of nitrogens with one attached hydrogen (secondary N) is 1. The quantitative estimate of drug-likeness (QED) is 0.641. The minimum Gasteiger partial charge on any atom is -0.351 e. The maximum Gasteiger partial charge on any atom is 0.263 e. The molecule has 1 aromatic heterocycles. The fourth-order valence-corrected chi connectivity index (χ4v) is 4.07. The van der Waals surface area contributed by atoms with Gasteiger partial charge in [-0.3, -0.25) is 4.79 Å². The van der Waals surface area contributed by atoms with Crippen LogP contribution in [0.2, 0.25) is 0 Å². The van der Waals surface area contributed by atoms with Crippen LogP contribution in [0.25, 0.3) is 10.6 Å². The van der Waals surface area contributed by atoms with Crippen LogP contribution in [0.1, 0.15) is 20.9 Å². The second-order valence-corrected chi connectivity index (χ2v) is 8.70. The number of primary sulfonamides is 1. The second kappa shape index (κ2) is 8.17. The Bertz CT molecular complexity index is 1090. The van der Waals surface area contributed by atoms with Gasteiger partial charge in [-0.1, -0.05) is 12.1 Å². The lowest BCUT2D eigenvalue weighted by molar-refractivity contribution is 0.0957. The van der Waals surface area contributed by atoms with Gasteiger partial charge in [0.05, 0.1) is 10.6 Å². The predicted molar refractivity (Wildman–Crippen MR) is 106 cm³/mol. The van der Waals surface area contributed by atoms with Gasteiger partial charge in [-0.15, -0.1) is 11.3 Å². The molecule has 1 heterocycles. The lowest BCUT2D eigenvalue weighted by atomic mass is 10.1. The highest BCUT2D eigenvalue weighted by Gasteiger charge is 2.16. The Morgan fingerprint density at radius 3 is 2.39 bits per heavy atom. The van der Waals surface area contributed by atoms with Crippen molar-refractivity contribution in [1.29, 1.82) is 0 Å². The minimum atomic E-state index is -3.71. The van der Waals surface area contributed by atoms with E-state index in [1.54, 1.807) is 31.2 Å². The summed E-state index contributed by atoms with van der Waals surface area (Å²) in [4.78, 5) is 17.4. The van der Waals surface area contributed by atoms with E-state index in [2.05, 4.69) is 10.3 Å². The number of aromatic nitrogens is 1. The van der Waals surface area contributed by atoms with Gasteiger partial charge in [-0.05, 0) is 55.3 Å². The van der Waals surface area contributed by atoms with Crippen LogP contribution in [0.3, 0.4) is 0 Å². The lowest BCUT2D eigenvalue weighted by Crippen LogP contribution is -2.25. The van der Waals surface area contributed by atoms with Crippen molar-refractivity contribution in [3.63, 3.8) is 0 Å². The number of rotatable bonds is 6. The van der Waals surface area contributed by atoms with Crippen LogP contribution in [-0.2, 0) is 16.4 Å². The first-order valence-electron chi connectivity index (χ1n) is 8.37. The molecule has 0 radical (unpaired) electrons. The number of nitrogens with two attached hydrogens (primary N) is 1. The van der Waals surface area contributed by atoms with Crippen LogP contribution in [0, 0.1) is 12.7 Å². The number of halogens is 1. The summed E-state index contributed by atoms with van der Waals surface area (Å²) in [5, 5.41) is 8.56. The van der Waals surface area contributed by atoms with E-state index in [4.69, 9.17) is 5.14 Å². The summed E-state index contributed by atoms with van der Waals surface area (Å²) in [5.41, 5.74) is 2.24. The Morgan fingerprint density at radius 1 is 1.14 bits per heavy atom. The molecule has 3 aromatic rings. The monoisotopic (exact) mass is 419 g/mol. The molecule has 0 aliphatic heterocycles. The molecule has 1 amide bonds. The minimum absolute atomic E-state index is 0.0499. The molecule has 9 heteroatoms. The Labute approximate surface area is 166 Å². The molecule has 0 aliphatic rings. The van der Waals surface area contributed by atoms with Crippen LogP contribution in [0.5, 0.6) is 0 Å². The molecule has 0 atom stereocenters. The van der Waals surface area contributed by atoms with E-state index in [9.17, 15) is 17.6 Å². The number of sulfonamides is 1. The van der Waals surface area contributed by atoms with Gasteiger partial charge in [0, 0.05) is 12.1 Å². The van der Waals surface area contributed by atoms with E-state index in [0.29, 0.717) is 28.5 Å². The van der Waals surface area contributed by atoms with Crippen LogP contribution < -0.4 is 10.5 Å². The van der Waals surface area contributed by atoms with E-state index in [0.717, 1.165) is 11.1 Å². The van der Waals surface area contributed by atoms with Crippen LogP contribution in [0.15, 0.2) is 53.4 Å². The van der Waals surface area contributed by atoms with Crippen molar-refractivity contribution in [2.75, 3.05) is 6.54 Å². The summed E-state index contributed by atoms with van der Waals surface area (Å²) in [5.74, 6) is -0.559. The van der Waals surface area contributed by atoms with Gasteiger partial charge in [0.25, 0.3) is 5.91 Å². The fraction of sp³-hybridized carbons (Fsp3) is 0.158. The van der Waals surface area contributed by atoms with E-state index < -0.39 is 10.0 Å². The van der Waals surface area contributed by atoms with Gasteiger partial charge in [0.2, 0.25) is 10.0 Å². The van der Waals surface area contributed by atoms with Crippen molar-refractivity contribution < 1.29 is 17.6 Å². The standard InChI is InChI=1S/C19H18FN3O3S2/c1-12-17(27-19(23-12)14-4-6-15(20)7-5-14)18(24)22-11-10-13-2-8-16(9-3-13)28(21,25)26/h2-9H,10-11H2,1H3,(H,22,24)(H2,21,25,26). The zero-order chi connectivity index (χ0) is 20.3. The fourth-order valence-electron chi connectivity index (χ4n) is 2.57. The number of thiazole rings is 1. The smallest absolute Gasteiger partial charge is 0.263 e. The van der Waals surface area contributed by atoms with Crippen molar-refractivity contribution in [2.45, 2.75) is 18.2 Å². The summed E-state index contributed by atoms with van der Waals surface area (Å²) in [6.07, 6.45) is 0.541. The number of benzene rings is 2. The number of aryl methyl sites for hydroxylation is 1. The molecule has 146 valence electrons. The first-order valence-corrected chi connectivity index (χ1v) is 10.7. The number of carbonyl (C=O) groups is 1. The predicted octanol–water partition coefficient (Wildman–Crippen LogP) is 2.88. The lowest BCUT2D eigenvalue weighted by Gasteiger charge is -2.05. The van der Waals surface area contributed by atoms with Gasteiger partial charge in [-0.2, -0.15) is 0 Å². The van der Waals surface area contributed by atoms with Gasteiger partial charge < -0.3 is 5.32 Å². The maximum absolute atomic E-state index is 13.1. The van der Waals surface area contributed by atoms with Crippen molar-refractivity contribution >= 4 is 27.3 Å². The normalized spacial score (nSPS) is 11.4. The summed E-state index contributed by atoms with van der Waals surface area (Å²) in [7, 11) is -3.71. The van der Waals surface area contributed by atoms with Gasteiger partial charge in [-0.25, -0.2) is 22.9 Å². The first-order chi connectivity index (χ1) is 13.2. The van der Waals surface area contributed by atoms with E-state index in [1.807, 2.05) is 0 Å². The molecule has 0 spiro atoms. The molecule has 0 unspecified atom stereocenters. The highest BCUT2D eigenvalue weighted by Crippen LogP contribution is 2.28. The highest BCUT2D eigenvalue weighted by molar-refractivity contribution is 7.89. The van der Waals surface area contributed by atoms with Crippen LogP contribution >= 0.6 is 11.3 Å². The highest BCUT2D eigenvalue weighted by atomic mass is 32.2. The molecule has 0 fully saturated rings. The number of hydrogen-bond donors (Lipinski definition) is 2. The number of hydrogen-bond acceptors (Lipinski definition) is 5. The summed E-state index contributed by atoms with van der Waals surface area (Å²) < 4.78 is 35.6. The Balaban J connectivity index is 1.61. The molecular weight excluding hydrogens is 401 g/mol. The Morgan fingerprint density at radius 2 is 1.79 bits per heavy atom. The van der Waals surface area contributed by atoms with E-state index in [-0.39, 0.29) is 16.6 Å². The van der Waals surface area contributed by atoms with Crippen molar-refractivity contribution in [3.05, 3.63) is 70.5 Å². The zero-order valence-electron chi connectivity index (χ0n) is 15.0. The first kappa shape index (κ1) is 20.1. The molecule has 0 saturated heterocycles. The number of carbonyl (C=O) groups excluding carboxylic acids is 1. The molecule has 3 N–H and O–H groups in total. The topological polar surface area (TPSA) is 102 Å². The molecule has 28 heavy (non-hydrogen) atoms. The molecule has 6 nitrogen and oxygen atoms in total. The summed E-state index contributed by atoms with van der Waals surface area (Å²) in [6.45, 7) is 2.14. The molecule has 0 aliphatic carbocycles. The Kier molecular flexibility index (Phi) is 5.87. The zero-order valence-corrected chi connectivity index (χ0v) is 16.6. The van der Waals surface area contributed by atoms with Crippen molar-refractivity contribution in [1.82, 2.24) is 10.3 Å². The van der Waals surface area contributed by atoms with E-state index in [1.165, 1.54) is 35.6 Å². The van der Waals surface area contributed by atoms with Gasteiger partial charge >= 0.3 is 0 Å². The third kappa shape index (κ3) is 4.80. The number of nitrogens with zero attached hydrogens (tertiary/aromatic N) is 1. The maximum atomic E-state index is 13.1. The van der Waals surface area contributed by atoms with Gasteiger partial charge in [0.15, 0.2) is 0 Å². The summed E-state index contributed by atoms with van der Waals surface area (Å²) >= 11 is 1.25. The SMILES string of the molecule is Cc1nc(-c2ccc(F)cc2)sc1C(=O)NCCc1ccc(S(N)(=O)=O)cc1. The van der Waals surface area contributed by atoms with Crippen LogP contribution in [-0.4, -0.2) is 25.9 Å². The molecular formula is C19H18FN3O3S2. The molecule has 0 saturated carbocycles. The largest absolute Gasteiger partial charge is 0.351 e. The molecule has 0 bridgehead atoms. The third-order valence-electron chi connectivity index (χ3n) is 4.05. The average Bonchev–Trinajstić information content (AvgIpc) is 3.04. The third-order valence-corrected chi connectivity index (χ3v) is 6.18. The second-order valence-electron chi connectivity index (χ2n) is 6.14. The van der Waals surface area contributed by atoms with Crippen LogP contribution in [0.4, 0.5) is 4.39 Å². The van der Waals surface area contributed by atoms with Crippen molar-refractivity contribution in [3.8, 4) is 10.6 Å². The number of amides is 1. The molecule has 3 rings (SSSR count). The molecule has 2 aromatic carbocycles. The Hall–Kier alpha value is -2.62. The van der Waals surface area contributed by atoms with Crippen molar-refractivity contribution in [2.24, 2.45) is 5.14 Å². The summed E-state index contributed by atoms with van der Waals surface area (Å²) in [6, 6.07) is 12.2. The van der Waals surface area contributed by atoms with E-state index >= 15 is 0 Å².